The van der Waals surface area contributed by atoms with E-state index in [1.807, 2.05) is 0 Å². The van der Waals surface area contributed by atoms with E-state index in [2.05, 4.69) is 4.90 Å². The van der Waals surface area contributed by atoms with Crippen molar-refractivity contribution in [3.63, 3.8) is 0 Å². The Morgan fingerprint density at radius 1 is 1.28 bits per heavy atom. The zero-order valence-electron chi connectivity index (χ0n) is 13.9. The second kappa shape index (κ2) is 6.74. The number of rotatable bonds is 5. The molecule has 2 heterocycles. The van der Waals surface area contributed by atoms with Crippen LogP contribution in [-0.4, -0.2) is 74.7 Å². The van der Waals surface area contributed by atoms with Crippen molar-refractivity contribution in [2.45, 2.75) is 23.6 Å². The lowest BCUT2D eigenvalue weighted by Gasteiger charge is -2.35. The van der Waals surface area contributed by atoms with E-state index >= 15 is 0 Å². The van der Waals surface area contributed by atoms with Gasteiger partial charge in [-0.15, -0.1) is 0 Å². The Morgan fingerprint density at radius 3 is 2.56 bits per heavy atom. The number of nitrogens with two attached hydrogens (primary N) is 1. The number of ether oxygens (including phenoxy) is 1. The van der Waals surface area contributed by atoms with Gasteiger partial charge < -0.3 is 15.4 Å². The number of benzene rings is 1. The maximum atomic E-state index is 12.0. The number of hydrogen-bond donors (Lipinski definition) is 1. The molecule has 9 heteroatoms. The second-order valence-corrected chi connectivity index (χ2v) is 8.53. The number of likely N-dealkylation sites (tertiary alicyclic amines) is 1. The van der Waals surface area contributed by atoms with Crippen LogP contribution in [0.2, 0.25) is 0 Å². The summed E-state index contributed by atoms with van der Waals surface area (Å²) in [6.45, 7) is 1.70. The highest BCUT2D eigenvalue weighted by atomic mass is 32.2. The van der Waals surface area contributed by atoms with Gasteiger partial charge in [-0.2, -0.15) is 0 Å². The molecule has 0 aliphatic carbocycles. The maximum absolute atomic E-state index is 12.0. The van der Waals surface area contributed by atoms with Crippen molar-refractivity contribution in [1.82, 2.24) is 9.80 Å². The van der Waals surface area contributed by atoms with Crippen LogP contribution in [0.15, 0.2) is 29.2 Å². The summed E-state index contributed by atoms with van der Waals surface area (Å²) in [6, 6.07) is 6.56. The Labute approximate surface area is 146 Å². The summed E-state index contributed by atoms with van der Waals surface area (Å²) in [5.74, 6) is -0.761. The number of carbonyl (C=O) groups is 2. The number of nitrogens with zero attached hydrogens (tertiary/aromatic N) is 2. The molecule has 2 aliphatic heterocycles. The fourth-order valence-electron chi connectivity index (χ4n) is 3.34. The first kappa shape index (κ1) is 17.8. The molecular weight excluding hydrogens is 346 g/mol. The third-order valence-corrected chi connectivity index (χ3v) is 5.67. The highest BCUT2D eigenvalue weighted by Crippen LogP contribution is 2.25. The van der Waals surface area contributed by atoms with Crippen LogP contribution in [-0.2, 0) is 30.7 Å². The van der Waals surface area contributed by atoms with Crippen LogP contribution in [0, 0.1) is 0 Å². The van der Waals surface area contributed by atoms with Crippen molar-refractivity contribution in [3.05, 3.63) is 29.8 Å². The summed E-state index contributed by atoms with van der Waals surface area (Å²) in [6.07, 6.45) is 1.03. The van der Waals surface area contributed by atoms with Gasteiger partial charge in [0.1, 0.15) is 6.61 Å². The summed E-state index contributed by atoms with van der Waals surface area (Å²) in [7, 11) is -3.21. The Hall–Kier alpha value is -1.97. The topological polar surface area (TPSA) is 110 Å². The van der Waals surface area contributed by atoms with Crippen LogP contribution in [0.5, 0.6) is 0 Å². The first-order valence-corrected chi connectivity index (χ1v) is 9.84. The van der Waals surface area contributed by atoms with Crippen molar-refractivity contribution in [3.8, 4) is 0 Å². The minimum absolute atomic E-state index is 0.0364. The van der Waals surface area contributed by atoms with E-state index in [0.717, 1.165) is 5.56 Å². The fraction of sp³-hybridized carbons (Fsp3) is 0.500. The Balaban J connectivity index is 1.68. The van der Waals surface area contributed by atoms with Crippen LogP contribution in [0.1, 0.15) is 5.56 Å². The summed E-state index contributed by atoms with van der Waals surface area (Å²) < 4.78 is 28.6. The highest BCUT2D eigenvalue weighted by Gasteiger charge is 2.43. The van der Waals surface area contributed by atoms with Crippen molar-refractivity contribution >= 4 is 21.7 Å². The minimum Gasteiger partial charge on any atom is -0.368 e. The van der Waals surface area contributed by atoms with E-state index in [-0.39, 0.29) is 36.1 Å². The number of fused-ring (bicyclic) bond motifs is 1. The lowest BCUT2D eigenvalue weighted by atomic mass is 10.1. The third kappa shape index (κ3) is 4.00. The van der Waals surface area contributed by atoms with E-state index in [1.54, 1.807) is 24.3 Å². The normalized spacial score (nSPS) is 24.4. The first-order chi connectivity index (χ1) is 11.7. The SMILES string of the molecule is CS(=O)(=O)c1ccc(CN2C[C@@H]3OCC(=O)N(CC(N)=O)[C@@H]3C2)cc1. The quantitative estimate of drug-likeness (QED) is 0.714. The average Bonchev–Trinajstić information content (AvgIpc) is 2.92. The maximum Gasteiger partial charge on any atom is 0.249 e. The molecule has 0 unspecified atom stereocenters. The van der Waals surface area contributed by atoms with Crippen molar-refractivity contribution in [1.29, 1.82) is 0 Å². The number of primary amides is 1. The molecule has 8 nitrogen and oxygen atoms in total. The molecule has 3 rings (SSSR count). The lowest BCUT2D eigenvalue weighted by molar-refractivity contribution is -0.155. The molecule has 136 valence electrons. The molecule has 25 heavy (non-hydrogen) atoms. The Morgan fingerprint density at radius 2 is 1.96 bits per heavy atom. The molecule has 0 saturated carbocycles. The molecule has 0 aromatic heterocycles. The second-order valence-electron chi connectivity index (χ2n) is 6.51. The van der Waals surface area contributed by atoms with Crippen LogP contribution in [0.3, 0.4) is 0 Å². The van der Waals surface area contributed by atoms with Crippen LogP contribution in [0.4, 0.5) is 0 Å². The zero-order valence-corrected chi connectivity index (χ0v) is 14.7. The third-order valence-electron chi connectivity index (χ3n) is 4.54. The van der Waals surface area contributed by atoms with Crippen LogP contribution in [0.25, 0.3) is 0 Å². The number of amides is 2. The Kier molecular flexibility index (Phi) is 4.81. The summed E-state index contributed by atoms with van der Waals surface area (Å²) in [4.78, 5) is 27.1. The van der Waals surface area contributed by atoms with Gasteiger partial charge in [0.05, 0.1) is 23.6 Å². The first-order valence-electron chi connectivity index (χ1n) is 7.95. The molecule has 0 radical (unpaired) electrons. The van der Waals surface area contributed by atoms with Gasteiger partial charge in [0, 0.05) is 25.9 Å². The van der Waals surface area contributed by atoms with Gasteiger partial charge in [-0.25, -0.2) is 8.42 Å². The fourth-order valence-corrected chi connectivity index (χ4v) is 3.98. The monoisotopic (exact) mass is 367 g/mol. The average molecular weight is 367 g/mol. The van der Waals surface area contributed by atoms with E-state index in [4.69, 9.17) is 10.5 Å². The number of sulfone groups is 1. The van der Waals surface area contributed by atoms with Gasteiger partial charge in [-0.05, 0) is 17.7 Å². The zero-order chi connectivity index (χ0) is 18.2. The minimum atomic E-state index is -3.21. The standard InChI is InChI=1S/C16H21N3O5S/c1-25(22,23)12-4-2-11(3-5-12)6-18-7-13-14(8-18)24-10-16(21)19(13)9-15(17)20/h2-5,13-14H,6-10H2,1H3,(H2,17,20)/t13-,14+/m1/s1. The number of carbonyl (C=O) groups excluding carboxylic acids is 2. The molecular formula is C16H21N3O5S. The lowest BCUT2D eigenvalue weighted by Crippen LogP contribution is -2.56. The van der Waals surface area contributed by atoms with Crippen molar-refractivity contribution < 1.29 is 22.7 Å². The highest BCUT2D eigenvalue weighted by molar-refractivity contribution is 7.90. The number of morpholine rings is 1. The molecule has 2 atom stereocenters. The number of hydrogen-bond acceptors (Lipinski definition) is 6. The van der Waals surface area contributed by atoms with Crippen molar-refractivity contribution in [2.75, 3.05) is 32.5 Å². The molecule has 2 amide bonds. The predicted octanol–water partition coefficient (Wildman–Crippen LogP) is -1.01. The molecule has 0 bridgehead atoms. The molecule has 1 aromatic carbocycles. The summed E-state index contributed by atoms with van der Waals surface area (Å²) in [5.41, 5.74) is 6.21. The van der Waals surface area contributed by atoms with Gasteiger partial charge >= 0.3 is 0 Å². The molecule has 1 aromatic rings. The summed E-state index contributed by atoms with van der Waals surface area (Å²) in [5, 5.41) is 0. The van der Waals surface area contributed by atoms with E-state index in [1.165, 1.54) is 11.2 Å². The van der Waals surface area contributed by atoms with E-state index in [0.29, 0.717) is 19.6 Å². The molecule has 2 N–H and O–H groups in total. The largest absolute Gasteiger partial charge is 0.368 e. The van der Waals surface area contributed by atoms with Crippen LogP contribution >= 0.6 is 0 Å². The van der Waals surface area contributed by atoms with Gasteiger partial charge in [0.15, 0.2) is 9.84 Å². The van der Waals surface area contributed by atoms with Gasteiger partial charge in [-0.3, -0.25) is 14.5 Å². The van der Waals surface area contributed by atoms with E-state index in [9.17, 15) is 18.0 Å². The van der Waals surface area contributed by atoms with Gasteiger partial charge in [-0.1, -0.05) is 12.1 Å². The van der Waals surface area contributed by atoms with Gasteiger partial charge in [0.25, 0.3) is 0 Å². The predicted molar refractivity (Wildman–Crippen MR) is 89.3 cm³/mol. The van der Waals surface area contributed by atoms with Crippen molar-refractivity contribution in [2.24, 2.45) is 5.73 Å². The van der Waals surface area contributed by atoms with Gasteiger partial charge in [0.2, 0.25) is 11.8 Å². The van der Waals surface area contributed by atoms with E-state index < -0.39 is 15.7 Å². The smallest absolute Gasteiger partial charge is 0.249 e. The Bertz CT molecular complexity index is 777. The molecule has 0 spiro atoms. The molecule has 2 fully saturated rings. The molecule has 2 saturated heterocycles. The molecule has 2 aliphatic rings. The van der Waals surface area contributed by atoms with Crippen LogP contribution < -0.4 is 5.73 Å². The summed E-state index contributed by atoms with van der Waals surface area (Å²) >= 11 is 0.